The van der Waals surface area contributed by atoms with Gasteiger partial charge in [-0.3, -0.25) is 4.79 Å². The van der Waals surface area contributed by atoms with Gasteiger partial charge in [-0.15, -0.1) is 0 Å². The van der Waals surface area contributed by atoms with Gasteiger partial charge in [-0.25, -0.2) is 4.79 Å². The molecule has 5 nitrogen and oxygen atoms in total. The van der Waals surface area contributed by atoms with Crippen molar-refractivity contribution in [2.75, 3.05) is 7.11 Å². The summed E-state index contributed by atoms with van der Waals surface area (Å²) in [5, 5.41) is 3.99. The number of benzene rings is 1. The number of hydrogen-bond acceptors (Lipinski definition) is 3. The van der Waals surface area contributed by atoms with E-state index in [1.807, 2.05) is 26.1 Å². The second-order valence-electron chi connectivity index (χ2n) is 6.54. The van der Waals surface area contributed by atoms with E-state index in [4.69, 9.17) is 4.74 Å². The summed E-state index contributed by atoms with van der Waals surface area (Å²) >= 11 is 0. The van der Waals surface area contributed by atoms with Crippen LogP contribution in [0.3, 0.4) is 0 Å². The zero-order valence-corrected chi connectivity index (χ0v) is 14.8. The van der Waals surface area contributed by atoms with Crippen LogP contribution in [-0.2, 0) is 20.9 Å². The first-order chi connectivity index (χ1) is 11.4. The van der Waals surface area contributed by atoms with Crippen LogP contribution in [0.15, 0.2) is 30.5 Å². The second-order valence-corrected chi connectivity index (χ2v) is 6.54. The van der Waals surface area contributed by atoms with E-state index in [0.717, 1.165) is 5.52 Å². The highest BCUT2D eigenvalue weighted by molar-refractivity contribution is 5.85. The number of aryl methyl sites for hydroxylation is 2. The van der Waals surface area contributed by atoms with Crippen molar-refractivity contribution in [2.45, 2.75) is 46.2 Å². The van der Waals surface area contributed by atoms with E-state index in [0.29, 0.717) is 25.3 Å². The number of fused-ring (bicyclic) bond motifs is 1. The molecule has 24 heavy (non-hydrogen) atoms. The minimum Gasteiger partial charge on any atom is -0.467 e. The van der Waals surface area contributed by atoms with Crippen LogP contribution in [0.4, 0.5) is 0 Å². The van der Waals surface area contributed by atoms with E-state index in [-0.39, 0.29) is 11.9 Å². The molecule has 1 heterocycles. The lowest BCUT2D eigenvalue weighted by atomic mass is 10.0. The molecule has 0 saturated carbocycles. The Balaban J connectivity index is 1.98. The normalized spacial score (nSPS) is 12.4. The van der Waals surface area contributed by atoms with Crippen molar-refractivity contribution in [3.8, 4) is 0 Å². The maximum absolute atomic E-state index is 12.2. The molecule has 1 unspecified atom stereocenters. The Hall–Kier alpha value is -2.30. The van der Waals surface area contributed by atoms with Crippen molar-refractivity contribution >= 4 is 22.8 Å². The number of ether oxygens (including phenoxy) is 1. The van der Waals surface area contributed by atoms with Crippen LogP contribution in [0, 0.1) is 12.8 Å². The maximum Gasteiger partial charge on any atom is 0.328 e. The monoisotopic (exact) mass is 330 g/mol. The average Bonchev–Trinajstić information content (AvgIpc) is 2.95. The summed E-state index contributed by atoms with van der Waals surface area (Å²) < 4.78 is 6.84. The zero-order chi connectivity index (χ0) is 17.7. The van der Waals surface area contributed by atoms with Gasteiger partial charge in [0.05, 0.1) is 7.11 Å². The number of amides is 1. The number of carbonyl (C=O) groups excluding carboxylic acids is 2. The lowest BCUT2D eigenvalue weighted by Gasteiger charge is -2.18. The van der Waals surface area contributed by atoms with Crippen LogP contribution in [-0.4, -0.2) is 29.6 Å². The molecule has 1 atom stereocenters. The highest BCUT2D eigenvalue weighted by Gasteiger charge is 2.22. The van der Waals surface area contributed by atoms with Gasteiger partial charge in [-0.05, 0) is 37.0 Å². The molecule has 2 aromatic rings. The van der Waals surface area contributed by atoms with Crippen molar-refractivity contribution in [3.05, 3.63) is 36.0 Å². The lowest BCUT2D eigenvalue weighted by Crippen LogP contribution is -2.42. The molecule has 0 aliphatic carbocycles. The molecule has 0 bridgehead atoms. The van der Waals surface area contributed by atoms with Crippen LogP contribution >= 0.6 is 0 Å². The first-order valence-corrected chi connectivity index (χ1v) is 8.34. The predicted octanol–water partition coefficient (Wildman–Crippen LogP) is 3.04. The van der Waals surface area contributed by atoms with Crippen LogP contribution in [0.1, 0.15) is 32.3 Å². The smallest absolute Gasteiger partial charge is 0.328 e. The van der Waals surface area contributed by atoms with E-state index >= 15 is 0 Å². The van der Waals surface area contributed by atoms with Gasteiger partial charge >= 0.3 is 5.97 Å². The molecule has 0 aliphatic rings. The summed E-state index contributed by atoms with van der Waals surface area (Å²) in [6, 6.07) is 7.64. The summed E-state index contributed by atoms with van der Waals surface area (Å²) in [4.78, 5) is 24.0. The summed E-state index contributed by atoms with van der Waals surface area (Å²) in [5.74, 6) is -0.231. The zero-order valence-electron chi connectivity index (χ0n) is 14.8. The molecular weight excluding hydrogens is 304 g/mol. The third kappa shape index (κ3) is 4.37. The van der Waals surface area contributed by atoms with E-state index in [1.54, 1.807) is 0 Å². The molecule has 2 rings (SSSR count). The molecule has 0 fully saturated rings. The van der Waals surface area contributed by atoms with Crippen molar-refractivity contribution in [3.63, 3.8) is 0 Å². The van der Waals surface area contributed by atoms with E-state index in [2.05, 4.69) is 35.0 Å². The molecule has 1 amide bonds. The van der Waals surface area contributed by atoms with E-state index in [1.165, 1.54) is 18.1 Å². The largest absolute Gasteiger partial charge is 0.467 e. The van der Waals surface area contributed by atoms with Crippen LogP contribution in [0.2, 0.25) is 0 Å². The lowest BCUT2D eigenvalue weighted by molar-refractivity contribution is -0.145. The Labute approximate surface area is 143 Å². The van der Waals surface area contributed by atoms with Gasteiger partial charge in [0.15, 0.2) is 0 Å². The second kappa shape index (κ2) is 7.99. The van der Waals surface area contributed by atoms with Gasteiger partial charge in [-0.2, -0.15) is 0 Å². The fourth-order valence-electron chi connectivity index (χ4n) is 2.89. The molecular formula is C19H26N2O3. The standard InChI is InChI=1S/C19H26N2O3/c1-13(2)12-16(19(23)24-4)20-18(22)9-11-21-10-8-15-14(3)6-5-7-17(15)21/h5-8,10,13,16H,9,11-12H2,1-4H3,(H,20,22). The summed E-state index contributed by atoms with van der Waals surface area (Å²) in [6.07, 6.45) is 2.89. The van der Waals surface area contributed by atoms with Crippen molar-refractivity contribution in [1.29, 1.82) is 0 Å². The number of nitrogens with one attached hydrogen (secondary N) is 1. The minimum atomic E-state index is -0.578. The van der Waals surface area contributed by atoms with Gasteiger partial charge in [0.25, 0.3) is 0 Å². The Morgan fingerprint density at radius 1 is 1.25 bits per heavy atom. The van der Waals surface area contributed by atoms with Crippen molar-refractivity contribution in [2.24, 2.45) is 5.92 Å². The van der Waals surface area contributed by atoms with E-state index < -0.39 is 6.04 Å². The molecule has 1 aromatic carbocycles. The van der Waals surface area contributed by atoms with Gasteiger partial charge in [0.2, 0.25) is 5.91 Å². The average molecular weight is 330 g/mol. The first kappa shape index (κ1) is 18.0. The maximum atomic E-state index is 12.2. The Kier molecular flexibility index (Phi) is 6.01. The summed E-state index contributed by atoms with van der Waals surface area (Å²) in [7, 11) is 1.34. The molecule has 1 aromatic heterocycles. The fourth-order valence-corrected chi connectivity index (χ4v) is 2.89. The third-order valence-corrected chi connectivity index (χ3v) is 4.14. The van der Waals surface area contributed by atoms with Crippen LogP contribution in [0.25, 0.3) is 10.9 Å². The number of methoxy groups -OCH3 is 1. The Morgan fingerprint density at radius 3 is 2.67 bits per heavy atom. The minimum absolute atomic E-state index is 0.138. The Bertz CT molecular complexity index is 718. The van der Waals surface area contributed by atoms with Gasteiger partial charge in [-0.1, -0.05) is 26.0 Å². The molecule has 1 N–H and O–H groups in total. The van der Waals surface area contributed by atoms with Gasteiger partial charge in [0.1, 0.15) is 6.04 Å². The fraction of sp³-hybridized carbons (Fsp3) is 0.474. The molecule has 0 spiro atoms. The molecule has 5 heteroatoms. The number of nitrogens with zero attached hydrogens (tertiary/aromatic N) is 1. The molecule has 130 valence electrons. The van der Waals surface area contributed by atoms with Gasteiger partial charge < -0.3 is 14.6 Å². The van der Waals surface area contributed by atoms with Gasteiger partial charge in [0, 0.05) is 30.1 Å². The molecule has 0 saturated heterocycles. The number of rotatable bonds is 7. The third-order valence-electron chi connectivity index (χ3n) is 4.14. The number of carbonyl (C=O) groups is 2. The molecule has 0 radical (unpaired) electrons. The Morgan fingerprint density at radius 2 is 2.00 bits per heavy atom. The quantitative estimate of drug-likeness (QED) is 0.794. The summed E-state index contributed by atoms with van der Waals surface area (Å²) in [5.41, 5.74) is 2.34. The van der Waals surface area contributed by atoms with Crippen LogP contribution < -0.4 is 5.32 Å². The molecule has 0 aliphatic heterocycles. The highest BCUT2D eigenvalue weighted by atomic mass is 16.5. The topological polar surface area (TPSA) is 60.3 Å². The van der Waals surface area contributed by atoms with E-state index in [9.17, 15) is 9.59 Å². The number of aromatic nitrogens is 1. The first-order valence-electron chi connectivity index (χ1n) is 8.34. The highest BCUT2D eigenvalue weighted by Crippen LogP contribution is 2.19. The number of hydrogen-bond donors (Lipinski definition) is 1. The predicted molar refractivity (Wildman–Crippen MR) is 94.7 cm³/mol. The van der Waals surface area contributed by atoms with Crippen LogP contribution in [0.5, 0.6) is 0 Å². The number of esters is 1. The summed E-state index contributed by atoms with van der Waals surface area (Å²) in [6.45, 7) is 6.67. The van der Waals surface area contributed by atoms with Crippen molar-refractivity contribution < 1.29 is 14.3 Å². The SMILES string of the molecule is COC(=O)C(CC(C)C)NC(=O)CCn1ccc2c(C)cccc21. The van der Waals surface area contributed by atoms with Crippen molar-refractivity contribution in [1.82, 2.24) is 9.88 Å².